The number of imidazole rings is 1. The molecule has 0 aliphatic heterocycles. The zero-order chi connectivity index (χ0) is 6.97. The third-order valence-electron chi connectivity index (χ3n) is 1.43. The van der Waals surface area contributed by atoms with E-state index in [0.717, 1.165) is 11.0 Å². The topological polar surface area (TPSA) is 17.8 Å². The summed E-state index contributed by atoms with van der Waals surface area (Å²) in [4.78, 5) is 4.10. The highest BCUT2D eigenvalue weighted by molar-refractivity contribution is 7.78. The molecule has 1 aromatic carbocycles. The Morgan fingerprint density at radius 3 is 2.90 bits per heavy atom. The summed E-state index contributed by atoms with van der Waals surface area (Å²) in [7, 11) is 0. The Bertz CT molecular complexity index is 353. The van der Waals surface area contributed by atoms with Crippen LogP contribution in [0, 0.1) is 0 Å². The lowest BCUT2D eigenvalue weighted by atomic mass is 10.3. The zero-order valence-corrected chi connectivity index (χ0v) is 6.12. The lowest BCUT2D eigenvalue weighted by molar-refractivity contribution is 1.28. The number of thiol groups is 1. The third-order valence-corrected chi connectivity index (χ3v) is 1.75. The highest BCUT2D eigenvalue weighted by Gasteiger charge is 1.94. The first-order valence-corrected chi connectivity index (χ1v) is 3.39. The van der Waals surface area contributed by atoms with Gasteiger partial charge in [-0.05, 0) is 12.1 Å². The molecule has 1 aromatic heterocycles. The number of aromatic nitrogens is 2. The van der Waals surface area contributed by atoms with E-state index < -0.39 is 0 Å². The van der Waals surface area contributed by atoms with Crippen LogP contribution in [0.2, 0.25) is 0 Å². The molecular formula is C7H6N2S. The predicted octanol–water partition coefficient (Wildman–Crippen LogP) is 1.73. The fraction of sp³-hybridized carbons (Fsp3) is 0. The van der Waals surface area contributed by atoms with E-state index in [1.54, 1.807) is 10.3 Å². The molecule has 3 heteroatoms. The first kappa shape index (κ1) is 5.80. The number of rotatable bonds is 0. The van der Waals surface area contributed by atoms with Gasteiger partial charge in [0.2, 0.25) is 0 Å². The minimum Gasteiger partial charge on any atom is -0.275 e. The van der Waals surface area contributed by atoms with E-state index in [9.17, 15) is 0 Å². The van der Waals surface area contributed by atoms with Crippen molar-refractivity contribution in [1.82, 2.24) is 8.96 Å². The minimum absolute atomic E-state index is 0.984. The van der Waals surface area contributed by atoms with E-state index in [1.807, 2.05) is 24.3 Å². The van der Waals surface area contributed by atoms with Crippen LogP contribution >= 0.6 is 12.8 Å². The fourth-order valence-electron chi connectivity index (χ4n) is 0.946. The van der Waals surface area contributed by atoms with Crippen molar-refractivity contribution in [2.24, 2.45) is 0 Å². The molecule has 50 valence electrons. The van der Waals surface area contributed by atoms with Crippen molar-refractivity contribution >= 4 is 23.8 Å². The van der Waals surface area contributed by atoms with Crippen LogP contribution in [0.15, 0.2) is 30.6 Å². The third kappa shape index (κ3) is 0.708. The van der Waals surface area contributed by atoms with Crippen molar-refractivity contribution in [3.05, 3.63) is 30.6 Å². The molecule has 0 fully saturated rings. The summed E-state index contributed by atoms with van der Waals surface area (Å²) in [6, 6.07) is 7.87. The Labute approximate surface area is 64.0 Å². The van der Waals surface area contributed by atoms with Gasteiger partial charge in [0.05, 0.1) is 11.0 Å². The van der Waals surface area contributed by atoms with Crippen LogP contribution in [-0.4, -0.2) is 8.96 Å². The molecule has 0 N–H and O–H groups in total. The maximum absolute atomic E-state index is 4.16. The molecule has 0 bridgehead atoms. The fourth-order valence-corrected chi connectivity index (χ4v) is 1.17. The molecule has 0 atom stereocenters. The average molecular weight is 150 g/mol. The standard InChI is InChI=1S/C7H6N2S/c10-9-5-8-6-3-1-2-4-7(6)9/h1-5,10H. The quantitative estimate of drug-likeness (QED) is 0.566. The first-order valence-electron chi connectivity index (χ1n) is 2.99. The van der Waals surface area contributed by atoms with Crippen LogP contribution < -0.4 is 0 Å². The highest BCUT2D eigenvalue weighted by atomic mass is 32.1. The van der Waals surface area contributed by atoms with Crippen molar-refractivity contribution in [2.75, 3.05) is 0 Å². The molecule has 1 heterocycles. The summed E-state index contributed by atoms with van der Waals surface area (Å²) in [5.41, 5.74) is 2.03. The molecule has 2 rings (SSSR count). The van der Waals surface area contributed by atoms with E-state index in [1.165, 1.54) is 0 Å². The number of hydrogen-bond donors (Lipinski definition) is 1. The Morgan fingerprint density at radius 1 is 1.30 bits per heavy atom. The lowest BCUT2D eigenvalue weighted by Crippen LogP contribution is -1.73. The highest BCUT2D eigenvalue weighted by Crippen LogP contribution is 2.11. The van der Waals surface area contributed by atoms with Crippen molar-refractivity contribution in [3.8, 4) is 0 Å². The largest absolute Gasteiger partial charge is 0.275 e. The van der Waals surface area contributed by atoms with Gasteiger partial charge in [-0.2, -0.15) is 0 Å². The summed E-state index contributed by atoms with van der Waals surface area (Å²) in [6.45, 7) is 0. The molecular weight excluding hydrogens is 144 g/mol. The Morgan fingerprint density at radius 2 is 2.10 bits per heavy atom. The normalized spacial score (nSPS) is 10.5. The number of nitrogens with zero attached hydrogens (tertiary/aromatic N) is 2. The molecule has 0 amide bonds. The molecule has 0 spiro atoms. The van der Waals surface area contributed by atoms with Gasteiger partial charge in [0.1, 0.15) is 6.33 Å². The maximum Gasteiger partial charge on any atom is 0.106 e. The summed E-state index contributed by atoms with van der Waals surface area (Å²) >= 11 is 4.16. The van der Waals surface area contributed by atoms with Crippen molar-refractivity contribution in [2.45, 2.75) is 0 Å². The second-order valence-electron chi connectivity index (χ2n) is 2.08. The average Bonchev–Trinajstić information content (AvgIpc) is 2.34. The molecule has 2 nitrogen and oxygen atoms in total. The smallest absolute Gasteiger partial charge is 0.106 e. The van der Waals surface area contributed by atoms with Crippen LogP contribution in [0.3, 0.4) is 0 Å². The monoisotopic (exact) mass is 150 g/mol. The molecule has 0 saturated carbocycles. The van der Waals surface area contributed by atoms with E-state index in [-0.39, 0.29) is 0 Å². The van der Waals surface area contributed by atoms with Gasteiger partial charge in [-0.15, -0.1) is 0 Å². The number of fused-ring (bicyclic) bond motifs is 1. The van der Waals surface area contributed by atoms with E-state index in [2.05, 4.69) is 17.8 Å². The molecule has 0 radical (unpaired) electrons. The van der Waals surface area contributed by atoms with Crippen LogP contribution in [0.1, 0.15) is 0 Å². The van der Waals surface area contributed by atoms with Gasteiger partial charge < -0.3 is 0 Å². The van der Waals surface area contributed by atoms with Gasteiger partial charge in [0.15, 0.2) is 0 Å². The van der Waals surface area contributed by atoms with Gasteiger partial charge in [-0.1, -0.05) is 24.9 Å². The first-order chi connectivity index (χ1) is 4.88. The second kappa shape index (κ2) is 2.02. The van der Waals surface area contributed by atoms with E-state index in [4.69, 9.17) is 0 Å². The number of hydrogen-bond acceptors (Lipinski definition) is 2. The van der Waals surface area contributed by atoms with E-state index >= 15 is 0 Å². The van der Waals surface area contributed by atoms with Gasteiger partial charge in [-0.25, -0.2) is 4.98 Å². The van der Waals surface area contributed by atoms with Crippen LogP contribution in [0.5, 0.6) is 0 Å². The van der Waals surface area contributed by atoms with Crippen LogP contribution in [0.25, 0.3) is 11.0 Å². The summed E-state index contributed by atoms with van der Waals surface area (Å²) in [5, 5.41) is 0. The predicted molar refractivity (Wildman–Crippen MR) is 44.1 cm³/mol. The SMILES string of the molecule is Sn1cnc2ccccc21. The Balaban J connectivity index is 2.93. The summed E-state index contributed by atoms with van der Waals surface area (Å²) in [5.74, 6) is 0. The summed E-state index contributed by atoms with van der Waals surface area (Å²) in [6.07, 6.45) is 1.69. The summed E-state index contributed by atoms with van der Waals surface area (Å²) < 4.78 is 1.70. The van der Waals surface area contributed by atoms with Crippen LogP contribution in [-0.2, 0) is 0 Å². The molecule has 0 aliphatic carbocycles. The second-order valence-corrected chi connectivity index (χ2v) is 2.51. The molecule has 0 saturated heterocycles. The van der Waals surface area contributed by atoms with Crippen LogP contribution in [0.4, 0.5) is 0 Å². The zero-order valence-electron chi connectivity index (χ0n) is 5.23. The maximum atomic E-state index is 4.16. The van der Waals surface area contributed by atoms with E-state index in [0.29, 0.717) is 0 Å². The molecule has 0 unspecified atom stereocenters. The lowest BCUT2D eigenvalue weighted by Gasteiger charge is -1.88. The molecule has 0 aliphatic rings. The van der Waals surface area contributed by atoms with Gasteiger partial charge in [0.25, 0.3) is 0 Å². The number of para-hydroxylation sites is 2. The Kier molecular flexibility index (Phi) is 1.17. The van der Waals surface area contributed by atoms with Gasteiger partial charge in [-0.3, -0.25) is 3.97 Å². The van der Waals surface area contributed by atoms with Gasteiger partial charge >= 0.3 is 0 Å². The molecule has 10 heavy (non-hydrogen) atoms. The van der Waals surface area contributed by atoms with Gasteiger partial charge in [0, 0.05) is 0 Å². The number of benzene rings is 1. The van der Waals surface area contributed by atoms with Crippen molar-refractivity contribution < 1.29 is 0 Å². The Hall–Kier alpha value is -0.960. The van der Waals surface area contributed by atoms with Crippen molar-refractivity contribution in [1.29, 1.82) is 0 Å². The minimum atomic E-state index is 0.984. The van der Waals surface area contributed by atoms with Crippen molar-refractivity contribution in [3.63, 3.8) is 0 Å². The molecule has 2 aromatic rings.